The molecule has 1 saturated heterocycles. The summed E-state index contributed by atoms with van der Waals surface area (Å²) in [7, 11) is -1.93. The Morgan fingerprint density at radius 3 is 2.55 bits per heavy atom. The number of methoxy groups -OCH3 is 1. The minimum absolute atomic E-state index is 0.115. The Bertz CT molecular complexity index is 542. The highest BCUT2D eigenvalue weighted by molar-refractivity contribution is 7.89. The summed E-state index contributed by atoms with van der Waals surface area (Å²) in [5.41, 5.74) is 5.78. The second-order valence-corrected chi connectivity index (χ2v) is 7.10. The monoisotopic (exact) mass is 298 g/mol. The van der Waals surface area contributed by atoms with E-state index in [9.17, 15) is 8.42 Å². The van der Waals surface area contributed by atoms with Crippen LogP contribution in [0.5, 0.6) is 5.75 Å². The molecule has 0 radical (unpaired) electrons. The molecule has 1 aliphatic rings. The molecule has 1 aliphatic heterocycles. The van der Waals surface area contributed by atoms with E-state index < -0.39 is 10.0 Å². The molecule has 6 heteroatoms. The molecule has 112 valence electrons. The van der Waals surface area contributed by atoms with Gasteiger partial charge in [0.1, 0.15) is 5.75 Å². The number of ether oxygens (including phenoxy) is 1. The third-order valence-electron chi connectivity index (χ3n) is 3.97. The van der Waals surface area contributed by atoms with E-state index in [0.29, 0.717) is 29.7 Å². The van der Waals surface area contributed by atoms with Crippen LogP contribution >= 0.6 is 0 Å². The molecule has 2 N–H and O–H groups in total. The molecule has 1 heterocycles. The van der Waals surface area contributed by atoms with Gasteiger partial charge in [0.2, 0.25) is 10.0 Å². The standard InChI is InChI=1S/C14H22N2O3S/c1-11-4-3-9-16(14(11)10-15)20(17,18)13-7-5-12(19-2)6-8-13/h5-8,11,14H,3-4,9-10,15H2,1-2H3/t11-,14+/m0/s1. The molecular weight excluding hydrogens is 276 g/mol. The molecule has 5 nitrogen and oxygen atoms in total. The average Bonchev–Trinajstić information content (AvgIpc) is 2.47. The topological polar surface area (TPSA) is 72.6 Å². The van der Waals surface area contributed by atoms with Crippen molar-refractivity contribution in [3.8, 4) is 5.75 Å². The zero-order valence-electron chi connectivity index (χ0n) is 12.0. The highest BCUT2D eigenvalue weighted by atomic mass is 32.2. The fourth-order valence-corrected chi connectivity index (χ4v) is 4.51. The molecule has 0 amide bonds. The first-order valence-electron chi connectivity index (χ1n) is 6.86. The second-order valence-electron chi connectivity index (χ2n) is 5.21. The van der Waals surface area contributed by atoms with Gasteiger partial charge in [-0.15, -0.1) is 0 Å². The summed E-state index contributed by atoms with van der Waals surface area (Å²) >= 11 is 0. The maximum Gasteiger partial charge on any atom is 0.243 e. The first kappa shape index (κ1) is 15.3. The van der Waals surface area contributed by atoms with Crippen molar-refractivity contribution < 1.29 is 13.2 Å². The summed E-state index contributed by atoms with van der Waals surface area (Å²) in [5, 5.41) is 0. The van der Waals surface area contributed by atoms with Crippen LogP contribution in [0, 0.1) is 5.92 Å². The lowest BCUT2D eigenvalue weighted by Crippen LogP contribution is -2.51. The van der Waals surface area contributed by atoms with Crippen molar-refractivity contribution in [2.75, 3.05) is 20.2 Å². The van der Waals surface area contributed by atoms with E-state index in [1.54, 1.807) is 35.7 Å². The van der Waals surface area contributed by atoms with Crippen molar-refractivity contribution in [3.05, 3.63) is 24.3 Å². The van der Waals surface area contributed by atoms with Crippen molar-refractivity contribution in [1.82, 2.24) is 4.31 Å². The summed E-state index contributed by atoms with van der Waals surface area (Å²) in [6, 6.07) is 6.38. The normalized spacial score (nSPS) is 24.6. The van der Waals surface area contributed by atoms with Gasteiger partial charge in [-0.3, -0.25) is 0 Å². The fraction of sp³-hybridized carbons (Fsp3) is 0.571. The van der Waals surface area contributed by atoms with E-state index in [1.165, 1.54) is 0 Å². The molecule has 0 spiro atoms. The molecular formula is C14H22N2O3S. The Morgan fingerprint density at radius 2 is 2.00 bits per heavy atom. The zero-order chi connectivity index (χ0) is 14.8. The van der Waals surface area contributed by atoms with Gasteiger partial charge in [0.15, 0.2) is 0 Å². The summed E-state index contributed by atoms with van der Waals surface area (Å²) in [4.78, 5) is 0.297. The van der Waals surface area contributed by atoms with E-state index in [1.807, 2.05) is 0 Å². The number of sulfonamides is 1. The Morgan fingerprint density at radius 1 is 1.35 bits per heavy atom. The van der Waals surface area contributed by atoms with Gasteiger partial charge in [0.05, 0.1) is 12.0 Å². The van der Waals surface area contributed by atoms with Crippen LogP contribution in [-0.4, -0.2) is 39.0 Å². The van der Waals surface area contributed by atoms with E-state index in [0.717, 1.165) is 12.8 Å². The molecule has 0 unspecified atom stereocenters. The summed E-state index contributed by atoms with van der Waals surface area (Å²) < 4.78 is 32.1. The predicted molar refractivity (Wildman–Crippen MR) is 78.1 cm³/mol. The van der Waals surface area contributed by atoms with Gasteiger partial charge >= 0.3 is 0 Å². The quantitative estimate of drug-likeness (QED) is 0.913. The first-order valence-corrected chi connectivity index (χ1v) is 8.30. The summed E-state index contributed by atoms with van der Waals surface area (Å²) in [6.45, 7) is 2.96. The highest BCUT2D eigenvalue weighted by Gasteiger charge is 2.36. The molecule has 2 rings (SSSR count). The lowest BCUT2D eigenvalue weighted by molar-refractivity contribution is 0.192. The number of hydrogen-bond donors (Lipinski definition) is 1. The maximum absolute atomic E-state index is 12.7. The van der Waals surface area contributed by atoms with Crippen molar-refractivity contribution in [2.24, 2.45) is 11.7 Å². The minimum atomic E-state index is -3.48. The Balaban J connectivity index is 2.32. The third kappa shape index (κ3) is 2.82. The van der Waals surface area contributed by atoms with Crippen LogP contribution in [0.1, 0.15) is 19.8 Å². The number of piperidine rings is 1. The van der Waals surface area contributed by atoms with E-state index in [-0.39, 0.29) is 6.04 Å². The van der Waals surface area contributed by atoms with Gasteiger partial charge in [-0.1, -0.05) is 6.92 Å². The van der Waals surface area contributed by atoms with Gasteiger partial charge in [0.25, 0.3) is 0 Å². The molecule has 2 atom stereocenters. The van der Waals surface area contributed by atoms with Crippen LogP contribution in [-0.2, 0) is 10.0 Å². The van der Waals surface area contributed by atoms with Crippen LogP contribution in [0.25, 0.3) is 0 Å². The van der Waals surface area contributed by atoms with Gasteiger partial charge in [0, 0.05) is 19.1 Å². The number of nitrogens with zero attached hydrogens (tertiary/aromatic N) is 1. The highest BCUT2D eigenvalue weighted by Crippen LogP contribution is 2.29. The van der Waals surface area contributed by atoms with Crippen LogP contribution in [0.2, 0.25) is 0 Å². The van der Waals surface area contributed by atoms with Gasteiger partial charge in [-0.2, -0.15) is 4.31 Å². The lowest BCUT2D eigenvalue weighted by atomic mass is 9.93. The first-order chi connectivity index (χ1) is 9.50. The van der Waals surface area contributed by atoms with E-state index in [4.69, 9.17) is 10.5 Å². The SMILES string of the molecule is COc1ccc(S(=O)(=O)N2CCC[C@H](C)[C@H]2CN)cc1. The van der Waals surface area contributed by atoms with Crippen LogP contribution in [0.4, 0.5) is 0 Å². The van der Waals surface area contributed by atoms with Gasteiger partial charge in [-0.05, 0) is 43.0 Å². The number of benzene rings is 1. The Hall–Kier alpha value is -1.11. The Kier molecular flexibility index (Phi) is 4.67. The maximum atomic E-state index is 12.7. The van der Waals surface area contributed by atoms with Crippen LogP contribution in [0.3, 0.4) is 0 Å². The molecule has 0 saturated carbocycles. The third-order valence-corrected chi connectivity index (χ3v) is 5.91. The molecule has 0 bridgehead atoms. The zero-order valence-corrected chi connectivity index (χ0v) is 12.8. The molecule has 20 heavy (non-hydrogen) atoms. The second kappa shape index (κ2) is 6.11. The van der Waals surface area contributed by atoms with E-state index >= 15 is 0 Å². The van der Waals surface area contributed by atoms with Gasteiger partial charge < -0.3 is 10.5 Å². The largest absolute Gasteiger partial charge is 0.497 e. The van der Waals surface area contributed by atoms with Crippen molar-refractivity contribution in [1.29, 1.82) is 0 Å². The number of hydrogen-bond acceptors (Lipinski definition) is 4. The van der Waals surface area contributed by atoms with Crippen LogP contribution in [0.15, 0.2) is 29.2 Å². The molecule has 0 aliphatic carbocycles. The molecule has 1 fully saturated rings. The molecule has 1 aromatic rings. The number of nitrogens with two attached hydrogens (primary N) is 1. The smallest absolute Gasteiger partial charge is 0.243 e. The van der Waals surface area contributed by atoms with Crippen molar-refractivity contribution in [3.63, 3.8) is 0 Å². The predicted octanol–water partition coefficient (Wildman–Crippen LogP) is 1.44. The van der Waals surface area contributed by atoms with Crippen LogP contribution < -0.4 is 10.5 Å². The summed E-state index contributed by atoms with van der Waals surface area (Å²) in [5.74, 6) is 0.938. The average molecular weight is 298 g/mol. The fourth-order valence-electron chi connectivity index (χ4n) is 2.74. The molecule has 1 aromatic carbocycles. The van der Waals surface area contributed by atoms with Crippen molar-refractivity contribution in [2.45, 2.75) is 30.7 Å². The lowest BCUT2D eigenvalue weighted by Gasteiger charge is -2.38. The minimum Gasteiger partial charge on any atom is -0.497 e. The molecule has 0 aromatic heterocycles. The van der Waals surface area contributed by atoms with Gasteiger partial charge in [-0.25, -0.2) is 8.42 Å². The van der Waals surface area contributed by atoms with E-state index in [2.05, 4.69) is 6.92 Å². The number of rotatable bonds is 4. The summed E-state index contributed by atoms with van der Waals surface area (Å²) in [6.07, 6.45) is 1.91. The Labute approximate surface area is 120 Å². The van der Waals surface area contributed by atoms with Crippen molar-refractivity contribution >= 4 is 10.0 Å².